The summed E-state index contributed by atoms with van der Waals surface area (Å²) in [6, 6.07) is 4.92. The predicted molar refractivity (Wildman–Crippen MR) is 48.4 cm³/mol. The van der Waals surface area contributed by atoms with Crippen LogP contribution in [0.3, 0.4) is 0 Å². The van der Waals surface area contributed by atoms with Gasteiger partial charge in [-0.2, -0.15) is 0 Å². The fourth-order valence-electron chi connectivity index (χ4n) is 0.976. The lowest BCUT2D eigenvalue weighted by Crippen LogP contribution is -2.07. The average Bonchev–Trinajstić information content (AvgIpc) is 1.92. The lowest BCUT2D eigenvalue weighted by atomic mass is 10.1. The normalized spacial score (nSPS) is 11.8. The summed E-state index contributed by atoms with van der Waals surface area (Å²) in [6.45, 7) is 2.69. The van der Waals surface area contributed by atoms with Crippen LogP contribution in [-0.4, -0.2) is 0 Å². The van der Waals surface area contributed by atoms with Crippen molar-refractivity contribution < 1.29 is 8.78 Å². The van der Waals surface area contributed by atoms with Gasteiger partial charge in [0, 0.05) is 17.0 Å². The zero-order valence-electron chi connectivity index (χ0n) is 6.87. The number of rotatable bonds is 1. The molecule has 12 heavy (non-hydrogen) atoms. The molecule has 0 heterocycles. The first-order chi connectivity index (χ1) is 5.41. The first-order valence-corrected chi connectivity index (χ1v) is 4.35. The molecule has 0 aliphatic carbocycles. The minimum Gasteiger partial charge on any atom is -0.202 e. The first-order valence-electron chi connectivity index (χ1n) is 3.55. The van der Waals surface area contributed by atoms with Gasteiger partial charge in [-0.25, -0.2) is 8.78 Å². The zero-order chi connectivity index (χ0) is 9.35. The van der Waals surface area contributed by atoms with Crippen LogP contribution in [0.2, 0.25) is 0 Å². The monoisotopic (exact) mass is 234 g/mol. The Morgan fingerprint density at radius 1 is 1.33 bits per heavy atom. The van der Waals surface area contributed by atoms with Gasteiger partial charge in [-0.15, -0.1) is 0 Å². The van der Waals surface area contributed by atoms with Gasteiger partial charge in [0.15, 0.2) is 0 Å². The van der Waals surface area contributed by atoms with Gasteiger partial charge in [0.1, 0.15) is 0 Å². The highest BCUT2D eigenvalue weighted by molar-refractivity contribution is 9.10. The smallest absolute Gasteiger partial charge is 0.202 e. The number of hydrogen-bond acceptors (Lipinski definition) is 0. The van der Waals surface area contributed by atoms with Gasteiger partial charge in [0.05, 0.1) is 0 Å². The molecule has 1 rings (SSSR count). The highest BCUT2D eigenvalue weighted by atomic mass is 79.9. The van der Waals surface area contributed by atoms with E-state index in [1.54, 1.807) is 19.1 Å². The number of halogens is 3. The molecule has 0 fully saturated rings. The molecule has 0 unspecified atom stereocenters. The fraction of sp³-hybridized carbons (Fsp3) is 0.333. The maximum Gasteiger partial charge on any atom is 0.271 e. The van der Waals surface area contributed by atoms with Crippen LogP contribution in [0.25, 0.3) is 0 Å². The summed E-state index contributed by atoms with van der Waals surface area (Å²) in [5.41, 5.74) is 0.886. The summed E-state index contributed by atoms with van der Waals surface area (Å²) >= 11 is 3.09. The highest BCUT2D eigenvalue weighted by Gasteiger charge is 2.26. The SMILES string of the molecule is Cc1ccc(Br)c(C(C)(F)F)c1. The molecule has 0 atom stereocenters. The molecule has 0 saturated carbocycles. The van der Waals surface area contributed by atoms with Crippen LogP contribution in [0.15, 0.2) is 22.7 Å². The van der Waals surface area contributed by atoms with Gasteiger partial charge >= 0.3 is 0 Å². The molecular formula is C9H9BrF2. The van der Waals surface area contributed by atoms with E-state index in [1.807, 2.05) is 0 Å². The lowest BCUT2D eigenvalue weighted by molar-refractivity contribution is 0.0166. The average molecular weight is 235 g/mol. The molecule has 0 aliphatic heterocycles. The second-order valence-corrected chi connectivity index (χ2v) is 3.73. The number of hydrogen-bond donors (Lipinski definition) is 0. The summed E-state index contributed by atoms with van der Waals surface area (Å²) in [5.74, 6) is -2.77. The van der Waals surface area contributed by atoms with E-state index in [4.69, 9.17) is 0 Å². The Morgan fingerprint density at radius 3 is 2.33 bits per heavy atom. The van der Waals surface area contributed by atoms with Crippen molar-refractivity contribution in [3.05, 3.63) is 33.8 Å². The third-order valence-electron chi connectivity index (χ3n) is 1.59. The van der Waals surface area contributed by atoms with Crippen molar-refractivity contribution in [1.82, 2.24) is 0 Å². The standard InChI is InChI=1S/C9H9BrF2/c1-6-3-4-8(10)7(5-6)9(2,11)12/h3-5H,1-2H3. The van der Waals surface area contributed by atoms with Crippen molar-refractivity contribution in [2.24, 2.45) is 0 Å². The van der Waals surface area contributed by atoms with Crippen LogP contribution in [-0.2, 0) is 5.92 Å². The maximum atomic E-state index is 12.9. The van der Waals surface area contributed by atoms with Crippen molar-refractivity contribution >= 4 is 15.9 Å². The lowest BCUT2D eigenvalue weighted by Gasteiger charge is -2.12. The van der Waals surface area contributed by atoms with Crippen molar-refractivity contribution in [3.8, 4) is 0 Å². The summed E-state index contributed by atoms with van der Waals surface area (Å²) in [4.78, 5) is 0. The summed E-state index contributed by atoms with van der Waals surface area (Å²) < 4.78 is 26.2. The van der Waals surface area contributed by atoms with Crippen molar-refractivity contribution in [3.63, 3.8) is 0 Å². The topological polar surface area (TPSA) is 0 Å². The predicted octanol–water partition coefficient (Wildman–Crippen LogP) is 3.87. The molecule has 1 aromatic rings. The van der Waals surface area contributed by atoms with Crippen LogP contribution in [0.5, 0.6) is 0 Å². The van der Waals surface area contributed by atoms with Gasteiger partial charge < -0.3 is 0 Å². The van der Waals surface area contributed by atoms with Crippen LogP contribution < -0.4 is 0 Å². The Hall–Kier alpha value is -0.440. The largest absolute Gasteiger partial charge is 0.271 e. The van der Waals surface area contributed by atoms with Crippen LogP contribution in [0.1, 0.15) is 18.1 Å². The quantitative estimate of drug-likeness (QED) is 0.693. The summed E-state index contributed by atoms with van der Waals surface area (Å²) in [5, 5.41) is 0. The Kier molecular flexibility index (Phi) is 2.52. The van der Waals surface area contributed by atoms with Crippen molar-refractivity contribution in [2.75, 3.05) is 0 Å². The third kappa shape index (κ3) is 2.03. The van der Waals surface area contributed by atoms with Crippen molar-refractivity contribution in [2.45, 2.75) is 19.8 Å². The number of benzene rings is 1. The minimum atomic E-state index is -2.77. The van der Waals surface area contributed by atoms with Gasteiger partial charge in [0.2, 0.25) is 0 Å². The molecule has 0 saturated heterocycles. The molecule has 0 radical (unpaired) electrons. The number of aryl methyl sites for hydroxylation is 1. The Morgan fingerprint density at radius 2 is 1.92 bits per heavy atom. The zero-order valence-corrected chi connectivity index (χ0v) is 8.45. The Bertz CT molecular complexity index is 289. The van der Waals surface area contributed by atoms with Gasteiger partial charge in [-0.3, -0.25) is 0 Å². The van der Waals surface area contributed by atoms with E-state index in [0.717, 1.165) is 12.5 Å². The molecule has 0 nitrogen and oxygen atoms in total. The third-order valence-corrected chi connectivity index (χ3v) is 2.29. The van der Waals surface area contributed by atoms with Crippen molar-refractivity contribution in [1.29, 1.82) is 0 Å². The summed E-state index contributed by atoms with van der Waals surface area (Å²) in [7, 11) is 0. The molecule has 0 spiro atoms. The number of alkyl halides is 2. The minimum absolute atomic E-state index is 0.0440. The van der Waals surface area contributed by atoms with E-state index in [0.29, 0.717) is 4.47 Å². The van der Waals surface area contributed by atoms with Gasteiger partial charge in [0.25, 0.3) is 5.92 Å². The van der Waals surface area contributed by atoms with E-state index in [9.17, 15) is 8.78 Å². The van der Waals surface area contributed by atoms with Crippen LogP contribution >= 0.6 is 15.9 Å². The van der Waals surface area contributed by atoms with E-state index >= 15 is 0 Å². The van der Waals surface area contributed by atoms with Gasteiger partial charge in [-0.1, -0.05) is 27.6 Å². The van der Waals surface area contributed by atoms with Crippen LogP contribution in [0.4, 0.5) is 8.78 Å². The van der Waals surface area contributed by atoms with Gasteiger partial charge in [-0.05, 0) is 19.1 Å². The molecule has 66 valence electrons. The summed E-state index contributed by atoms with van der Waals surface area (Å²) in [6.07, 6.45) is 0. The molecule has 3 heteroatoms. The molecule has 0 amide bonds. The molecule has 0 aliphatic rings. The van der Waals surface area contributed by atoms with E-state index in [2.05, 4.69) is 15.9 Å². The second kappa shape index (κ2) is 3.13. The first kappa shape index (κ1) is 9.65. The second-order valence-electron chi connectivity index (χ2n) is 2.87. The van der Waals surface area contributed by atoms with Crippen LogP contribution in [0, 0.1) is 6.92 Å². The molecule has 0 N–H and O–H groups in total. The Balaban J connectivity index is 3.23. The molecular weight excluding hydrogens is 226 g/mol. The fourth-order valence-corrected chi connectivity index (χ4v) is 1.57. The Labute approximate surface area is 78.7 Å². The molecule has 1 aromatic carbocycles. The maximum absolute atomic E-state index is 12.9. The molecule has 0 aromatic heterocycles. The highest BCUT2D eigenvalue weighted by Crippen LogP contribution is 2.33. The van der Waals surface area contributed by atoms with E-state index in [-0.39, 0.29) is 5.56 Å². The van der Waals surface area contributed by atoms with E-state index < -0.39 is 5.92 Å². The molecule has 0 bridgehead atoms. The van der Waals surface area contributed by atoms with E-state index in [1.165, 1.54) is 6.07 Å².